The lowest BCUT2D eigenvalue weighted by molar-refractivity contribution is -0.177. The van der Waals surface area contributed by atoms with Crippen LogP contribution in [0.2, 0.25) is 5.02 Å². The zero-order valence-corrected chi connectivity index (χ0v) is 28.2. The second kappa shape index (κ2) is 11.2. The molecule has 0 saturated heterocycles. The van der Waals surface area contributed by atoms with Gasteiger partial charge in [0.25, 0.3) is 0 Å². The number of amides is 2. The number of ketones is 1. The third-order valence-electron chi connectivity index (χ3n) is 13.1. The standard InChI is InChI=1S/C37H50ClFN2O4/c1-6-18-41(32(44)40-23(2)3)22-36(45)15-12-31-34(36,5)14-11-30-33(4)13-10-24(42)20-35(33)16-17-37(30,31)26(21-35)29(43)19-25-27(38)8-7-9-28(25)39/h7-9,16-17,21,23-24,30-31,42,45H,6,10-15,18-20,22H2,1-5H3,(H,40,44)/t24?,30-,31-,33-,34+,35+,36-,37-/m1/s1. The number of allylic oxidation sites excluding steroid dienone is 4. The molecular weight excluding hydrogens is 591 g/mol. The van der Waals surface area contributed by atoms with Crippen molar-refractivity contribution >= 4 is 23.4 Å². The van der Waals surface area contributed by atoms with Gasteiger partial charge in [0, 0.05) is 51.4 Å². The Labute approximate surface area is 272 Å². The Balaban J connectivity index is 1.44. The molecule has 3 saturated carbocycles. The van der Waals surface area contributed by atoms with E-state index >= 15 is 4.39 Å². The normalized spacial score (nSPS) is 39.6. The van der Waals surface area contributed by atoms with Gasteiger partial charge in [0.05, 0.1) is 18.2 Å². The molecule has 8 heteroatoms. The van der Waals surface area contributed by atoms with Crippen LogP contribution >= 0.6 is 11.6 Å². The van der Waals surface area contributed by atoms with Crippen LogP contribution in [0.4, 0.5) is 9.18 Å². The molecule has 7 rings (SSSR count). The summed E-state index contributed by atoms with van der Waals surface area (Å²) in [5.74, 6) is -0.534. The predicted molar refractivity (Wildman–Crippen MR) is 174 cm³/mol. The van der Waals surface area contributed by atoms with E-state index in [2.05, 4.69) is 37.4 Å². The number of carbonyl (C=O) groups is 2. The Morgan fingerprint density at radius 1 is 1.09 bits per heavy atom. The highest BCUT2D eigenvalue weighted by Crippen LogP contribution is 2.78. The smallest absolute Gasteiger partial charge is 0.317 e. The van der Waals surface area contributed by atoms with Crippen molar-refractivity contribution in [3.8, 4) is 0 Å². The first-order valence-electron chi connectivity index (χ1n) is 17.0. The topological polar surface area (TPSA) is 89.9 Å². The summed E-state index contributed by atoms with van der Waals surface area (Å²) in [6.07, 6.45) is 11.9. The molecule has 1 unspecified atom stereocenters. The Hall–Kier alpha value is -2.22. The van der Waals surface area contributed by atoms with E-state index in [-0.39, 0.29) is 58.7 Å². The lowest BCUT2D eigenvalue weighted by atomic mass is 9.32. The lowest BCUT2D eigenvalue weighted by Gasteiger charge is -2.71. The molecule has 45 heavy (non-hydrogen) atoms. The van der Waals surface area contributed by atoms with E-state index in [1.54, 1.807) is 17.0 Å². The minimum atomic E-state index is -1.13. The van der Waals surface area contributed by atoms with E-state index in [0.29, 0.717) is 25.0 Å². The van der Waals surface area contributed by atoms with Crippen LogP contribution in [-0.2, 0) is 11.2 Å². The molecule has 2 bridgehead atoms. The molecule has 0 aliphatic heterocycles. The molecule has 0 radical (unpaired) electrons. The van der Waals surface area contributed by atoms with E-state index in [1.807, 2.05) is 20.8 Å². The van der Waals surface area contributed by atoms with Crippen molar-refractivity contribution in [1.82, 2.24) is 10.2 Å². The summed E-state index contributed by atoms with van der Waals surface area (Å²) >= 11 is 6.43. The SMILES string of the molecule is CCCN(C[C@]1(O)CC[C@H]2[C@]34C=C[C@@]5(C=C3C(=O)Cc3c(F)cccc3Cl)CC(O)CC[C@]5(C)[C@H]4CC[C@@]21C)C(=O)NC(C)C. The fourth-order valence-electron chi connectivity index (χ4n) is 10.8. The molecule has 6 nitrogen and oxygen atoms in total. The van der Waals surface area contributed by atoms with E-state index in [0.717, 1.165) is 38.5 Å². The zero-order valence-electron chi connectivity index (χ0n) is 27.5. The Bertz CT molecular complexity index is 1420. The van der Waals surface area contributed by atoms with Crippen molar-refractivity contribution in [3.63, 3.8) is 0 Å². The Morgan fingerprint density at radius 3 is 2.47 bits per heavy atom. The average molecular weight is 641 g/mol. The monoisotopic (exact) mass is 640 g/mol. The quantitative estimate of drug-likeness (QED) is 0.267. The second-order valence-corrected chi connectivity index (χ2v) is 16.0. The van der Waals surface area contributed by atoms with E-state index < -0.39 is 33.8 Å². The van der Waals surface area contributed by atoms with Gasteiger partial charge in [0.1, 0.15) is 5.82 Å². The summed E-state index contributed by atoms with van der Waals surface area (Å²) in [6, 6.07) is 4.34. The van der Waals surface area contributed by atoms with Gasteiger partial charge in [0.15, 0.2) is 5.78 Å². The Morgan fingerprint density at radius 2 is 1.78 bits per heavy atom. The molecule has 246 valence electrons. The number of Topliss-reactive ketones (excluding diaryl/α,β-unsaturated/α-hetero) is 1. The summed E-state index contributed by atoms with van der Waals surface area (Å²) in [5.41, 5.74) is -2.04. The summed E-state index contributed by atoms with van der Waals surface area (Å²) in [7, 11) is 0. The molecular formula is C37H50ClFN2O4. The van der Waals surface area contributed by atoms with Gasteiger partial charge in [-0.05, 0) is 94.6 Å². The number of aliphatic hydroxyl groups excluding tert-OH is 1. The highest BCUT2D eigenvalue weighted by Gasteiger charge is 2.74. The molecule has 6 aliphatic carbocycles. The molecule has 0 heterocycles. The average Bonchev–Trinajstić information content (AvgIpc) is 3.24. The number of carbonyl (C=O) groups excluding carboxylic acids is 2. The van der Waals surface area contributed by atoms with Crippen LogP contribution in [0.15, 0.2) is 42.0 Å². The van der Waals surface area contributed by atoms with Gasteiger partial charge in [0.2, 0.25) is 0 Å². The molecule has 2 amide bonds. The van der Waals surface area contributed by atoms with Crippen LogP contribution in [0.1, 0.15) is 91.5 Å². The molecule has 3 N–H and O–H groups in total. The van der Waals surface area contributed by atoms with Gasteiger partial charge in [-0.15, -0.1) is 0 Å². The number of urea groups is 1. The number of nitrogens with zero attached hydrogens (tertiary/aromatic N) is 1. The zero-order chi connectivity index (χ0) is 32.6. The van der Waals surface area contributed by atoms with E-state index in [4.69, 9.17) is 11.6 Å². The summed E-state index contributed by atoms with van der Waals surface area (Å²) in [5, 5.41) is 26.8. The fraction of sp³-hybridized carbons (Fsp3) is 0.676. The first-order chi connectivity index (χ1) is 21.2. The summed E-state index contributed by atoms with van der Waals surface area (Å²) < 4.78 is 15.0. The van der Waals surface area contributed by atoms with Crippen molar-refractivity contribution in [2.75, 3.05) is 13.1 Å². The molecule has 8 atom stereocenters. The molecule has 1 aromatic carbocycles. The first-order valence-corrected chi connectivity index (χ1v) is 17.4. The minimum absolute atomic E-state index is 0.0148. The van der Waals surface area contributed by atoms with Crippen LogP contribution < -0.4 is 5.32 Å². The maximum Gasteiger partial charge on any atom is 0.317 e. The van der Waals surface area contributed by atoms with Crippen LogP contribution in [-0.4, -0.2) is 57.8 Å². The first kappa shape index (κ1) is 32.7. The third kappa shape index (κ3) is 4.69. The van der Waals surface area contributed by atoms with Crippen LogP contribution in [0.25, 0.3) is 0 Å². The van der Waals surface area contributed by atoms with Crippen molar-refractivity contribution < 1.29 is 24.2 Å². The molecule has 0 aromatic heterocycles. The maximum absolute atomic E-state index is 15.0. The number of benzene rings is 1. The van der Waals surface area contributed by atoms with Gasteiger partial charge in [-0.2, -0.15) is 0 Å². The Kier molecular flexibility index (Phi) is 8.14. The number of nitrogens with one attached hydrogen (secondary N) is 1. The van der Waals surface area contributed by atoms with Gasteiger partial charge >= 0.3 is 6.03 Å². The molecule has 6 aliphatic rings. The number of hydrogen-bond acceptors (Lipinski definition) is 4. The maximum atomic E-state index is 15.0. The number of hydrogen-bond donors (Lipinski definition) is 3. The van der Waals surface area contributed by atoms with Gasteiger partial charge in [-0.25, -0.2) is 9.18 Å². The van der Waals surface area contributed by atoms with Crippen molar-refractivity contribution in [3.05, 3.63) is 58.4 Å². The summed E-state index contributed by atoms with van der Waals surface area (Å²) in [6.45, 7) is 11.2. The van der Waals surface area contributed by atoms with Crippen molar-refractivity contribution in [2.45, 2.75) is 110 Å². The summed E-state index contributed by atoms with van der Waals surface area (Å²) in [4.78, 5) is 29.6. The molecule has 1 aromatic rings. The van der Waals surface area contributed by atoms with E-state index in [9.17, 15) is 19.8 Å². The van der Waals surface area contributed by atoms with Gasteiger partial charge in [-0.1, -0.05) is 56.7 Å². The van der Waals surface area contributed by atoms with Crippen LogP contribution in [0.5, 0.6) is 0 Å². The minimum Gasteiger partial charge on any atom is -0.393 e. The number of fused-ring (bicyclic) bond motifs is 1. The highest BCUT2D eigenvalue weighted by atomic mass is 35.5. The van der Waals surface area contributed by atoms with Crippen molar-refractivity contribution in [2.24, 2.45) is 33.5 Å². The van der Waals surface area contributed by atoms with Crippen LogP contribution in [0.3, 0.4) is 0 Å². The number of aliphatic hydroxyl groups is 2. The lowest BCUT2D eigenvalue weighted by Crippen LogP contribution is -2.67. The second-order valence-electron chi connectivity index (χ2n) is 15.6. The third-order valence-corrected chi connectivity index (χ3v) is 13.4. The van der Waals surface area contributed by atoms with Gasteiger partial charge in [-0.3, -0.25) is 4.79 Å². The predicted octanol–water partition coefficient (Wildman–Crippen LogP) is 7.01. The van der Waals surface area contributed by atoms with E-state index in [1.165, 1.54) is 6.07 Å². The van der Waals surface area contributed by atoms with Crippen molar-refractivity contribution in [1.29, 1.82) is 0 Å². The number of halogens is 2. The molecule has 2 spiro atoms. The highest BCUT2D eigenvalue weighted by molar-refractivity contribution is 6.31. The largest absolute Gasteiger partial charge is 0.393 e. The molecule has 3 fully saturated rings. The van der Waals surface area contributed by atoms with Crippen LogP contribution in [0, 0.1) is 39.3 Å². The van der Waals surface area contributed by atoms with Gasteiger partial charge < -0.3 is 20.4 Å². The number of rotatable bonds is 8. The fourth-order valence-corrected chi connectivity index (χ4v) is 11.0.